The molecule has 0 saturated carbocycles. The van der Waals surface area contributed by atoms with Gasteiger partial charge in [0.2, 0.25) is 0 Å². The average Bonchev–Trinajstić information content (AvgIpc) is 2.75. The number of thiophene rings is 1. The summed E-state index contributed by atoms with van der Waals surface area (Å²) in [4.78, 5) is 14.9. The fraction of sp³-hybridized carbons (Fsp3) is 0.417. The molecule has 0 bridgehead atoms. The molecule has 0 aromatic carbocycles. The number of Topliss-reactive ketones (excluding diaryl/α,β-unsaturated/α-hetero) is 1. The highest BCUT2D eigenvalue weighted by Gasteiger charge is 2.37. The first-order chi connectivity index (χ1) is 7.65. The van der Waals surface area contributed by atoms with Crippen molar-refractivity contribution >= 4 is 40.5 Å². The van der Waals surface area contributed by atoms with Crippen LogP contribution in [0.5, 0.6) is 0 Å². The van der Waals surface area contributed by atoms with Crippen LogP contribution in [0.3, 0.4) is 0 Å². The minimum absolute atomic E-state index is 0.00718. The van der Waals surface area contributed by atoms with Crippen LogP contribution in [0.1, 0.15) is 26.5 Å². The highest BCUT2D eigenvalue weighted by molar-refractivity contribution is 8.05. The Balaban J connectivity index is 2.04. The molecule has 0 spiro atoms. The molecule has 0 fully saturated rings. The standard InChI is InChI=1S/C12H11ClOS2/c1-6-4-7-9(15-6)2-3-10-8(12(7)14)5-11(13)16-10/h4-5,8,10H,2-3H2,1H3/t8-,10-/m0/s1. The number of rotatable bonds is 0. The molecule has 0 amide bonds. The molecule has 0 radical (unpaired) electrons. The Kier molecular flexibility index (Phi) is 2.65. The quantitative estimate of drug-likeness (QED) is 0.709. The van der Waals surface area contributed by atoms with E-state index in [0.717, 1.165) is 22.8 Å². The monoisotopic (exact) mass is 270 g/mol. The van der Waals surface area contributed by atoms with Gasteiger partial charge in [-0.25, -0.2) is 0 Å². The summed E-state index contributed by atoms with van der Waals surface area (Å²) in [5, 5.41) is 0.361. The Morgan fingerprint density at radius 1 is 1.50 bits per heavy atom. The maximum absolute atomic E-state index is 12.4. The lowest BCUT2D eigenvalue weighted by Gasteiger charge is -2.12. The molecule has 3 rings (SSSR count). The topological polar surface area (TPSA) is 17.1 Å². The lowest BCUT2D eigenvalue weighted by molar-refractivity contribution is 0.0947. The maximum atomic E-state index is 12.4. The SMILES string of the molecule is Cc1cc2c(s1)CC[C@@H]1SC(Cl)=C[C@@H]1C2=O. The van der Waals surface area contributed by atoms with E-state index < -0.39 is 0 Å². The molecule has 2 atom stereocenters. The van der Waals surface area contributed by atoms with Crippen LogP contribution in [-0.2, 0) is 6.42 Å². The maximum Gasteiger partial charge on any atom is 0.172 e. The molecule has 2 heterocycles. The van der Waals surface area contributed by atoms with Crippen LogP contribution in [0.25, 0.3) is 0 Å². The van der Waals surface area contributed by atoms with Gasteiger partial charge >= 0.3 is 0 Å². The van der Waals surface area contributed by atoms with Crippen LogP contribution in [0.2, 0.25) is 0 Å². The molecule has 16 heavy (non-hydrogen) atoms. The van der Waals surface area contributed by atoms with E-state index in [1.54, 1.807) is 23.1 Å². The van der Waals surface area contributed by atoms with Crippen LogP contribution in [0.4, 0.5) is 0 Å². The molecule has 0 unspecified atom stereocenters. The molecule has 84 valence electrons. The summed E-state index contributed by atoms with van der Waals surface area (Å²) in [5.74, 6) is 0.276. The first kappa shape index (κ1) is 10.9. The number of carbonyl (C=O) groups is 1. The van der Waals surface area contributed by atoms with Crippen LogP contribution < -0.4 is 0 Å². The third-order valence-corrected chi connectivity index (χ3v) is 5.83. The number of aryl methyl sites for hydroxylation is 2. The van der Waals surface area contributed by atoms with Crippen molar-refractivity contribution in [2.75, 3.05) is 0 Å². The molecular formula is C12H11ClOS2. The van der Waals surface area contributed by atoms with Gasteiger partial charge < -0.3 is 0 Å². The third-order valence-electron chi connectivity index (χ3n) is 3.13. The second kappa shape index (κ2) is 3.90. The summed E-state index contributed by atoms with van der Waals surface area (Å²) in [6.45, 7) is 2.07. The van der Waals surface area contributed by atoms with Crippen molar-refractivity contribution in [3.8, 4) is 0 Å². The molecule has 0 N–H and O–H groups in total. The van der Waals surface area contributed by atoms with Gasteiger partial charge in [-0.3, -0.25) is 4.79 Å². The van der Waals surface area contributed by atoms with E-state index in [1.807, 2.05) is 12.1 Å². The Morgan fingerprint density at radius 2 is 2.31 bits per heavy atom. The first-order valence-electron chi connectivity index (χ1n) is 5.32. The Morgan fingerprint density at radius 3 is 3.12 bits per heavy atom. The van der Waals surface area contributed by atoms with Crippen molar-refractivity contribution in [2.24, 2.45) is 5.92 Å². The Bertz CT molecular complexity index is 489. The predicted molar refractivity (Wildman–Crippen MR) is 70.5 cm³/mol. The van der Waals surface area contributed by atoms with Gasteiger partial charge in [0.05, 0.1) is 10.3 Å². The minimum atomic E-state index is 0.00718. The minimum Gasteiger partial charge on any atom is -0.293 e. The zero-order valence-electron chi connectivity index (χ0n) is 8.83. The number of ketones is 1. The van der Waals surface area contributed by atoms with Crippen molar-refractivity contribution in [1.29, 1.82) is 0 Å². The zero-order valence-corrected chi connectivity index (χ0v) is 11.2. The van der Waals surface area contributed by atoms with Gasteiger partial charge in [0, 0.05) is 20.6 Å². The van der Waals surface area contributed by atoms with Crippen molar-refractivity contribution in [2.45, 2.75) is 25.0 Å². The zero-order chi connectivity index (χ0) is 11.3. The van der Waals surface area contributed by atoms with E-state index in [1.165, 1.54) is 9.75 Å². The van der Waals surface area contributed by atoms with Crippen LogP contribution in [-0.4, -0.2) is 11.0 Å². The smallest absolute Gasteiger partial charge is 0.172 e. The molecular weight excluding hydrogens is 260 g/mol. The van der Waals surface area contributed by atoms with Gasteiger partial charge in [-0.05, 0) is 31.9 Å². The van der Waals surface area contributed by atoms with Crippen molar-refractivity contribution in [1.82, 2.24) is 0 Å². The van der Waals surface area contributed by atoms with Gasteiger partial charge in [0.1, 0.15) is 0 Å². The molecule has 2 aliphatic rings. The predicted octanol–water partition coefficient (Wildman–Crippen LogP) is 4.00. The highest BCUT2D eigenvalue weighted by Crippen LogP contribution is 2.45. The number of allylic oxidation sites excluding steroid dienone is 1. The molecule has 1 aromatic rings. The number of carbonyl (C=O) groups excluding carboxylic acids is 1. The number of thioether (sulfide) groups is 1. The van der Waals surface area contributed by atoms with E-state index in [2.05, 4.69) is 6.92 Å². The van der Waals surface area contributed by atoms with Crippen molar-refractivity contribution < 1.29 is 4.79 Å². The number of halogens is 1. The van der Waals surface area contributed by atoms with E-state index in [4.69, 9.17) is 11.6 Å². The molecule has 1 aliphatic carbocycles. The number of hydrogen-bond acceptors (Lipinski definition) is 3. The second-order valence-corrected chi connectivity index (χ2v) is 7.50. The second-order valence-electron chi connectivity index (χ2n) is 4.25. The van der Waals surface area contributed by atoms with Gasteiger partial charge in [-0.1, -0.05) is 11.6 Å². The fourth-order valence-corrected chi connectivity index (χ4v) is 5.03. The molecule has 1 aliphatic heterocycles. The molecule has 0 saturated heterocycles. The first-order valence-corrected chi connectivity index (χ1v) is 7.40. The van der Waals surface area contributed by atoms with Gasteiger partial charge in [-0.2, -0.15) is 0 Å². The highest BCUT2D eigenvalue weighted by atomic mass is 35.5. The van der Waals surface area contributed by atoms with Crippen molar-refractivity contribution in [3.63, 3.8) is 0 Å². The summed E-state index contributed by atoms with van der Waals surface area (Å²) >= 11 is 9.43. The van der Waals surface area contributed by atoms with E-state index in [-0.39, 0.29) is 11.7 Å². The normalized spacial score (nSPS) is 28.4. The molecule has 1 aromatic heterocycles. The lowest BCUT2D eigenvalue weighted by atomic mass is 9.97. The van der Waals surface area contributed by atoms with E-state index >= 15 is 0 Å². The lowest BCUT2D eigenvalue weighted by Crippen LogP contribution is -2.19. The van der Waals surface area contributed by atoms with Gasteiger partial charge in [0.25, 0.3) is 0 Å². The molecule has 4 heteroatoms. The summed E-state index contributed by atoms with van der Waals surface area (Å²) in [7, 11) is 0. The van der Waals surface area contributed by atoms with E-state index in [0.29, 0.717) is 5.25 Å². The number of hydrogen-bond donors (Lipinski definition) is 0. The van der Waals surface area contributed by atoms with Gasteiger partial charge in [0.15, 0.2) is 5.78 Å². The summed E-state index contributed by atoms with van der Waals surface area (Å²) in [6.07, 6.45) is 4.01. The van der Waals surface area contributed by atoms with E-state index in [9.17, 15) is 4.79 Å². The largest absolute Gasteiger partial charge is 0.293 e. The Labute approximate surface area is 108 Å². The molecule has 1 nitrogen and oxygen atoms in total. The van der Waals surface area contributed by atoms with Gasteiger partial charge in [-0.15, -0.1) is 23.1 Å². The average molecular weight is 271 g/mol. The Hall–Kier alpha value is -0.250. The van der Waals surface area contributed by atoms with Crippen LogP contribution >= 0.6 is 34.7 Å². The summed E-state index contributed by atoms with van der Waals surface area (Å²) in [6, 6.07) is 2.04. The third kappa shape index (κ3) is 1.66. The fourth-order valence-electron chi connectivity index (χ4n) is 2.40. The van der Waals surface area contributed by atoms with Crippen LogP contribution in [0, 0.1) is 12.8 Å². The number of fused-ring (bicyclic) bond motifs is 2. The van der Waals surface area contributed by atoms with Crippen LogP contribution in [0.15, 0.2) is 16.5 Å². The summed E-state index contributed by atoms with van der Waals surface area (Å²) < 4.78 is 0.791. The van der Waals surface area contributed by atoms with Crippen molar-refractivity contribution in [3.05, 3.63) is 31.8 Å². The summed E-state index contributed by atoms with van der Waals surface area (Å²) in [5.41, 5.74) is 0.943.